The minimum absolute atomic E-state index is 0.124. The fourth-order valence-corrected chi connectivity index (χ4v) is 1.61. The van der Waals surface area contributed by atoms with Crippen molar-refractivity contribution in [2.45, 2.75) is 12.5 Å². The number of anilines is 1. The lowest BCUT2D eigenvalue weighted by molar-refractivity contribution is 0.786. The smallest absolute Gasteiger partial charge is 0.271 e. The van der Waals surface area contributed by atoms with Crippen molar-refractivity contribution < 1.29 is 0 Å². The molecule has 1 unspecified atom stereocenters. The van der Waals surface area contributed by atoms with E-state index in [-0.39, 0.29) is 10.6 Å². The number of hydrogen-bond acceptors (Lipinski definition) is 4. The average molecular weight is 215 g/mol. The molecule has 1 fully saturated rings. The molecule has 0 saturated carbocycles. The molecule has 0 spiro atoms. The summed E-state index contributed by atoms with van der Waals surface area (Å²) in [5, 5.41) is 6.46. The fourth-order valence-electron chi connectivity index (χ4n) is 1.45. The molecule has 1 saturated heterocycles. The number of H-pyrrole nitrogens is 1. The molecular formula is C8H11ClN4O. The summed E-state index contributed by atoms with van der Waals surface area (Å²) in [7, 11) is 0. The van der Waals surface area contributed by atoms with Gasteiger partial charge in [-0.25, -0.2) is 4.98 Å². The lowest BCUT2D eigenvalue weighted by Gasteiger charge is -2.11. The lowest BCUT2D eigenvalue weighted by atomic mass is 10.2. The SMILES string of the molecule is O=c1[nH]cnc(NC2CCNC2)c1Cl. The van der Waals surface area contributed by atoms with Crippen LogP contribution in [0.15, 0.2) is 11.1 Å². The molecule has 5 nitrogen and oxygen atoms in total. The van der Waals surface area contributed by atoms with Gasteiger partial charge in [-0.2, -0.15) is 0 Å². The minimum atomic E-state index is -0.310. The third-order valence-electron chi connectivity index (χ3n) is 2.20. The molecule has 2 rings (SSSR count). The van der Waals surface area contributed by atoms with Gasteiger partial charge < -0.3 is 15.6 Å². The standard InChI is InChI=1S/C8H11ClN4O/c9-6-7(11-4-12-8(6)14)13-5-1-2-10-3-5/h4-5,10H,1-3H2,(H2,11,12,13,14). The van der Waals surface area contributed by atoms with E-state index in [1.165, 1.54) is 6.33 Å². The van der Waals surface area contributed by atoms with Crippen LogP contribution in [0, 0.1) is 0 Å². The highest BCUT2D eigenvalue weighted by atomic mass is 35.5. The van der Waals surface area contributed by atoms with Crippen molar-refractivity contribution in [2.75, 3.05) is 18.4 Å². The Morgan fingerprint density at radius 1 is 1.64 bits per heavy atom. The molecule has 1 aliphatic heterocycles. The van der Waals surface area contributed by atoms with Crippen molar-refractivity contribution in [2.24, 2.45) is 0 Å². The zero-order valence-electron chi connectivity index (χ0n) is 7.51. The molecule has 0 bridgehead atoms. The maximum Gasteiger partial charge on any atom is 0.271 e. The third kappa shape index (κ3) is 1.88. The molecule has 1 aromatic rings. The first kappa shape index (κ1) is 9.48. The van der Waals surface area contributed by atoms with Crippen LogP contribution in [-0.2, 0) is 0 Å². The van der Waals surface area contributed by atoms with Gasteiger partial charge in [0.1, 0.15) is 5.02 Å². The van der Waals surface area contributed by atoms with Gasteiger partial charge >= 0.3 is 0 Å². The highest BCUT2D eigenvalue weighted by molar-refractivity contribution is 6.32. The molecule has 14 heavy (non-hydrogen) atoms. The van der Waals surface area contributed by atoms with E-state index < -0.39 is 0 Å². The van der Waals surface area contributed by atoms with Crippen LogP contribution in [0.4, 0.5) is 5.82 Å². The second-order valence-corrected chi connectivity index (χ2v) is 3.61. The third-order valence-corrected chi connectivity index (χ3v) is 2.55. The van der Waals surface area contributed by atoms with Gasteiger partial charge in [-0.3, -0.25) is 4.79 Å². The van der Waals surface area contributed by atoms with Gasteiger partial charge in [0.15, 0.2) is 5.82 Å². The highest BCUT2D eigenvalue weighted by Crippen LogP contribution is 2.15. The Hall–Kier alpha value is -1.07. The quantitative estimate of drug-likeness (QED) is 0.658. The largest absolute Gasteiger partial charge is 0.365 e. The maximum atomic E-state index is 11.1. The Morgan fingerprint density at radius 3 is 3.21 bits per heavy atom. The molecule has 1 atom stereocenters. The van der Waals surface area contributed by atoms with Crippen molar-refractivity contribution in [1.82, 2.24) is 15.3 Å². The lowest BCUT2D eigenvalue weighted by Crippen LogP contribution is -2.24. The van der Waals surface area contributed by atoms with E-state index >= 15 is 0 Å². The number of nitrogens with zero attached hydrogens (tertiary/aromatic N) is 1. The van der Waals surface area contributed by atoms with Gasteiger partial charge in [0.2, 0.25) is 0 Å². The van der Waals surface area contributed by atoms with E-state index in [4.69, 9.17) is 11.6 Å². The van der Waals surface area contributed by atoms with Crippen molar-refractivity contribution in [3.63, 3.8) is 0 Å². The van der Waals surface area contributed by atoms with Gasteiger partial charge in [-0.15, -0.1) is 0 Å². The average Bonchev–Trinajstić information content (AvgIpc) is 2.66. The normalized spacial score (nSPS) is 21.1. The van der Waals surface area contributed by atoms with Crippen LogP contribution in [0.3, 0.4) is 0 Å². The Labute approximate surface area is 85.9 Å². The summed E-state index contributed by atoms with van der Waals surface area (Å²) in [6.07, 6.45) is 2.36. The first-order valence-electron chi connectivity index (χ1n) is 4.48. The van der Waals surface area contributed by atoms with Crippen LogP contribution in [0.1, 0.15) is 6.42 Å². The molecule has 1 aliphatic rings. The van der Waals surface area contributed by atoms with Crippen LogP contribution in [0.2, 0.25) is 5.02 Å². The molecule has 0 aliphatic carbocycles. The topological polar surface area (TPSA) is 69.8 Å². The second-order valence-electron chi connectivity index (χ2n) is 3.23. The zero-order chi connectivity index (χ0) is 9.97. The fraction of sp³-hybridized carbons (Fsp3) is 0.500. The molecule has 6 heteroatoms. The molecule has 0 aromatic carbocycles. The summed E-state index contributed by atoms with van der Waals surface area (Å²) in [5.41, 5.74) is -0.310. The monoisotopic (exact) mass is 214 g/mol. The summed E-state index contributed by atoms with van der Waals surface area (Å²) in [5.74, 6) is 0.462. The predicted molar refractivity (Wildman–Crippen MR) is 54.8 cm³/mol. The zero-order valence-corrected chi connectivity index (χ0v) is 8.27. The Kier molecular flexibility index (Phi) is 2.69. The van der Waals surface area contributed by atoms with Crippen molar-refractivity contribution in [1.29, 1.82) is 0 Å². The Morgan fingerprint density at radius 2 is 2.50 bits per heavy atom. The first-order chi connectivity index (χ1) is 6.77. The van der Waals surface area contributed by atoms with Crippen LogP contribution < -0.4 is 16.2 Å². The van der Waals surface area contributed by atoms with Crippen molar-refractivity contribution >= 4 is 17.4 Å². The van der Waals surface area contributed by atoms with Crippen LogP contribution in [-0.4, -0.2) is 29.1 Å². The van der Waals surface area contributed by atoms with Crippen molar-refractivity contribution in [3.8, 4) is 0 Å². The molecule has 76 valence electrons. The van der Waals surface area contributed by atoms with Crippen LogP contribution >= 0.6 is 11.6 Å². The van der Waals surface area contributed by atoms with Crippen molar-refractivity contribution in [3.05, 3.63) is 21.7 Å². The molecule has 1 aromatic heterocycles. The molecule has 2 heterocycles. The van der Waals surface area contributed by atoms with Gasteiger partial charge in [0, 0.05) is 12.6 Å². The van der Waals surface area contributed by atoms with Gasteiger partial charge in [-0.1, -0.05) is 11.6 Å². The molecule has 0 amide bonds. The Balaban J connectivity index is 2.15. The molecule has 3 N–H and O–H groups in total. The van der Waals surface area contributed by atoms with E-state index in [9.17, 15) is 4.79 Å². The summed E-state index contributed by atoms with van der Waals surface area (Å²) in [4.78, 5) is 17.5. The number of aromatic nitrogens is 2. The summed E-state index contributed by atoms with van der Waals surface area (Å²) >= 11 is 5.78. The minimum Gasteiger partial charge on any atom is -0.365 e. The van der Waals surface area contributed by atoms with E-state index in [1.54, 1.807) is 0 Å². The summed E-state index contributed by atoms with van der Waals surface area (Å²) < 4.78 is 0. The van der Waals surface area contributed by atoms with Gasteiger partial charge in [0.05, 0.1) is 6.33 Å². The molecule has 0 radical (unpaired) electrons. The molecular weight excluding hydrogens is 204 g/mol. The number of halogens is 1. The second kappa shape index (κ2) is 3.98. The number of rotatable bonds is 2. The van der Waals surface area contributed by atoms with E-state index in [2.05, 4.69) is 20.6 Å². The van der Waals surface area contributed by atoms with E-state index in [0.29, 0.717) is 11.9 Å². The van der Waals surface area contributed by atoms with Gasteiger partial charge in [-0.05, 0) is 13.0 Å². The number of nitrogens with one attached hydrogen (secondary N) is 3. The first-order valence-corrected chi connectivity index (χ1v) is 4.85. The number of hydrogen-bond donors (Lipinski definition) is 3. The highest BCUT2D eigenvalue weighted by Gasteiger charge is 2.16. The Bertz CT molecular complexity index is 372. The van der Waals surface area contributed by atoms with Crippen LogP contribution in [0.5, 0.6) is 0 Å². The van der Waals surface area contributed by atoms with E-state index in [0.717, 1.165) is 19.5 Å². The summed E-state index contributed by atoms with van der Waals surface area (Å²) in [6.45, 7) is 1.86. The number of aromatic amines is 1. The van der Waals surface area contributed by atoms with Crippen LogP contribution in [0.25, 0.3) is 0 Å². The predicted octanol–water partition coefficient (Wildman–Crippen LogP) is 0.197. The van der Waals surface area contributed by atoms with Gasteiger partial charge in [0.25, 0.3) is 5.56 Å². The van der Waals surface area contributed by atoms with E-state index in [1.807, 2.05) is 0 Å². The maximum absolute atomic E-state index is 11.1. The summed E-state index contributed by atoms with van der Waals surface area (Å²) in [6, 6.07) is 0.307.